The maximum atomic E-state index is 12.6. The number of nitrogens with zero attached hydrogens (tertiary/aromatic N) is 3. The van der Waals surface area contributed by atoms with Crippen LogP contribution >= 0.6 is 11.8 Å². The third-order valence-corrected chi connectivity index (χ3v) is 6.56. The largest absolute Gasteiger partial charge is 0.379 e. The number of hydrogen-bond donors (Lipinski definition) is 2. The number of carbonyl (C=O) groups is 1. The Morgan fingerprint density at radius 2 is 2.25 bits per heavy atom. The number of rotatable bonds is 2. The number of amides is 1. The Labute approximate surface area is 168 Å². The molecule has 0 fully saturated rings. The van der Waals surface area contributed by atoms with Gasteiger partial charge in [-0.15, -0.1) is 0 Å². The molecule has 0 radical (unpaired) electrons. The van der Waals surface area contributed by atoms with Crippen LogP contribution in [0.25, 0.3) is 0 Å². The van der Waals surface area contributed by atoms with E-state index < -0.39 is 0 Å². The number of nitrogens with two attached hydrogens (primary N) is 1. The number of anilines is 1. The third-order valence-electron chi connectivity index (χ3n) is 5.61. The topological polar surface area (TPSA) is 104 Å². The summed E-state index contributed by atoms with van der Waals surface area (Å²) in [6.07, 6.45) is 4.65. The molecule has 0 saturated carbocycles. The number of hydrogen-bond acceptors (Lipinski definition) is 6. The number of benzene rings is 1. The quantitative estimate of drug-likeness (QED) is 0.816. The predicted octanol–water partition coefficient (Wildman–Crippen LogP) is 3.43. The second kappa shape index (κ2) is 7.28. The van der Waals surface area contributed by atoms with Gasteiger partial charge in [-0.1, -0.05) is 17.8 Å². The van der Waals surface area contributed by atoms with Crippen LogP contribution in [-0.2, 0) is 12.0 Å². The fourth-order valence-corrected chi connectivity index (χ4v) is 5.13. The van der Waals surface area contributed by atoms with Gasteiger partial charge in [0.25, 0.3) is 5.91 Å². The molecule has 2 aromatic rings. The molecule has 0 saturated heterocycles. The van der Waals surface area contributed by atoms with Crippen LogP contribution in [0.5, 0.6) is 0 Å². The molecule has 3 N–H and O–H groups in total. The molecule has 2 atom stereocenters. The van der Waals surface area contributed by atoms with Gasteiger partial charge >= 0.3 is 0 Å². The van der Waals surface area contributed by atoms with E-state index in [0.717, 1.165) is 30.6 Å². The lowest BCUT2D eigenvalue weighted by Gasteiger charge is -2.37. The van der Waals surface area contributed by atoms with E-state index in [0.29, 0.717) is 22.3 Å². The van der Waals surface area contributed by atoms with Crippen molar-refractivity contribution < 1.29 is 4.79 Å². The van der Waals surface area contributed by atoms with Crippen molar-refractivity contribution >= 4 is 28.5 Å². The summed E-state index contributed by atoms with van der Waals surface area (Å²) < 4.78 is 0. The Morgan fingerprint density at radius 3 is 3.00 bits per heavy atom. The zero-order valence-corrected chi connectivity index (χ0v) is 16.4. The van der Waals surface area contributed by atoms with Crippen molar-refractivity contribution in [1.29, 1.82) is 5.26 Å². The normalized spacial score (nSPS) is 23.4. The smallest absolute Gasteiger partial charge is 0.274 e. The summed E-state index contributed by atoms with van der Waals surface area (Å²) in [5, 5.41) is 12.4. The van der Waals surface area contributed by atoms with Crippen LogP contribution in [0.4, 0.5) is 5.69 Å². The first-order chi connectivity index (χ1) is 13.5. The van der Waals surface area contributed by atoms with Gasteiger partial charge in [0.15, 0.2) is 5.17 Å². The first-order valence-electron chi connectivity index (χ1n) is 9.28. The minimum absolute atomic E-state index is 0.273. The van der Waals surface area contributed by atoms with Crippen LogP contribution < -0.4 is 11.1 Å². The molecule has 0 bridgehead atoms. The second-order valence-corrected chi connectivity index (χ2v) is 8.41. The van der Waals surface area contributed by atoms with Crippen molar-refractivity contribution in [1.82, 2.24) is 4.98 Å². The standard InChI is InChI=1S/C21H21N5OS/c1-21-15(12-28-20(23)26-21)4-2-3-14-6-7-16(9-17(14)21)25-19(27)18-8-5-13(10-22)11-24-18/h5-9,11,15H,2-4,12H2,1H3,(H2,23,26)(H,25,27)/t15-,21+/m0/s1. The second-order valence-electron chi connectivity index (χ2n) is 7.37. The maximum absolute atomic E-state index is 12.6. The Hall–Kier alpha value is -2.85. The summed E-state index contributed by atoms with van der Waals surface area (Å²) >= 11 is 1.63. The van der Waals surface area contributed by atoms with Crippen molar-refractivity contribution in [3.05, 3.63) is 58.9 Å². The summed E-state index contributed by atoms with van der Waals surface area (Å²) in [7, 11) is 0. The van der Waals surface area contributed by atoms with Gasteiger partial charge in [0.2, 0.25) is 0 Å². The highest BCUT2D eigenvalue weighted by molar-refractivity contribution is 8.13. The van der Waals surface area contributed by atoms with Crippen molar-refractivity contribution in [2.75, 3.05) is 11.1 Å². The van der Waals surface area contributed by atoms with Crippen molar-refractivity contribution in [3.8, 4) is 6.07 Å². The Kier molecular flexibility index (Phi) is 4.82. The van der Waals surface area contributed by atoms with Gasteiger partial charge < -0.3 is 11.1 Å². The highest BCUT2D eigenvalue weighted by Crippen LogP contribution is 2.46. The van der Waals surface area contributed by atoms with Gasteiger partial charge in [-0.3, -0.25) is 9.79 Å². The molecule has 0 unspecified atom stereocenters. The Morgan fingerprint density at radius 1 is 1.39 bits per heavy atom. The first-order valence-corrected chi connectivity index (χ1v) is 10.3. The van der Waals surface area contributed by atoms with E-state index in [4.69, 9.17) is 16.0 Å². The number of carbonyl (C=O) groups excluding carboxylic acids is 1. The minimum atomic E-state index is -0.366. The molecule has 1 amide bonds. The zero-order valence-electron chi connectivity index (χ0n) is 15.6. The SMILES string of the molecule is C[C@@]12N=C(N)SC[C@@H]1CCCc1ccc(NC(=O)c3ccc(C#N)cn3)cc12. The van der Waals surface area contributed by atoms with Crippen LogP contribution in [-0.4, -0.2) is 21.8 Å². The number of nitriles is 1. The molecule has 2 aliphatic rings. The van der Waals surface area contributed by atoms with Gasteiger partial charge in [0.1, 0.15) is 11.8 Å². The predicted molar refractivity (Wildman–Crippen MR) is 111 cm³/mol. The average Bonchev–Trinajstić information content (AvgIpc) is 2.84. The molecule has 1 aromatic carbocycles. The van der Waals surface area contributed by atoms with Gasteiger partial charge in [-0.2, -0.15) is 5.26 Å². The van der Waals surface area contributed by atoms with Crippen LogP contribution in [0, 0.1) is 17.2 Å². The van der Waals surface area contributed by atoms with E-state index in [1.54, 1.807) is 23.9 Å². The molecule has 7 heteroatoms. The molecular weight excluding hydrogens is 370 g/mol. The highest BCUT2D eigenvalue weighted by atomic mass is 32.2. The summed E-state index contributed by atoms with van der Waals surface area (Å²) in [5.74, 6) is 1.09. The van der Waals surface area contributed by atoms with Crippen LogP contribution in [0.3, 0.4) is 0 Å². The van der Waals surface area contributed by atoms with E-state index >= 15 is 0 Å². The van der Waals surface area contributed by atoms with Crippen molar-refractivity contribution in [2.24, 2.45) is 16.6 Å². The average molecular weight is 392 g/mol. The van der Waals surface area contributed by atoms with Gasteiger partial charge in [0.05, 0.1) is 11.1 Å². The van der Waals surface area contributed by atoms with Crippen LogP contribution in [0.2, 0.25) is 0 Å². The molecule has 142 valence electrons. The van der Waals surface area contributed by atoms with Crippen LogP contribution in [0.1, 0.15) is 46.9 Å². The number of aromatic nitrogens is 1. The molecule has 6 nitrogen and oxygen atoms in total. The first kappa shape index (κ1) is 18.5. The molecule has 2 heterocycles. The van der Waals surface area contributed by atoms with E-state index in [1.807, 2.05) is 18.2 Å². The van der Waals surface area contributed by atoms with Crippen molar-refractivity contribution in [2.45, 2.75) is 31.7 Å². The number of amidine groups is 1. The molecule has 1 aromatic heterocycles. The number of pyridine rings is 1. The number of aliphatic imine (C=N–C) groups is 1. The van der Waals surface area contributed by atoms with Crippen molar-refractivity contribution in [3.63, 3.8) is 0 Å². The number of thioether (sulfide) groups is 1. The number of aryl methyl sites for hydroxylation is 1. The summed E-state index contributed by atoms with van der Waals surface area (Å²) in [6.45, 7) is 2.15. The monoisotopic (exact) mass is 391 g/mol. The van der Waals surface area contributed by atoms with Gasteiger partial charge in [-0.25, -0.2) is 4.98 Å². The lowest BCUT2D eigenvalue weighted by atomic mass is 9.79. The van der Waals surface area contributed by atoms with E-state index in [9.17, 15) is 4.79 Å². The summed E-state index contributed by atoms with van der Waals surface area (Å²) in [4.78, 5) is 21.5. The van der Waals surface area contributed by atoms with E-state index in [1.165, 1.54) is 11.8 Å². The summed E-state index contributed by atoms with van der Waals surface area (Å²) in [6, 6.07) is 11.2. The lowest BCUT2D eigenvalue weighted by molar-refractivity contribution is 0.102. The minimum Gasteiger partial charge on any atom is -0.379 e. The molecule has 1 aliphatic heterocycles. The highest BCUT2D eigenvalue weighted by Gasteiger charge is 2.41. The van der Waals surface area contributed by atoms with E-state index in [2.05, 4.69) is 23.3 Å². The fourth-order valence-electron chi connectivity index (χ4n) is 4.02. The number of nitrogens with one attached hydrogen (secondary N) is 1. The van der Waals surface area contributed by atoms with Gasteiger partial charge in [0, 0.05) is 17.6 Å². The van der Waals surface area contributed by atoms with Gasteiger partial charge in [-0.05, 0) is 67.5 Å². The summed E-state index contributed by atoms with van der Waals surface area (Å²) in [5.41, 5.74) is 9.51. The molecular formula is C21H21N5OS. The Bertz CT molecular complexity index is 995. The third kappa shape index (κ3) is 3.36. The zero-order chi connectivity index (χ0) is 19.7. The molecule has 4 rings (SSSR count). The van der Waals surface area contributed by atoms with E-state index in [-0.39, 0.29) is 17.1 Å². The molecule has 28 heavy (non-hydrogen) atoms. The molecule has 0 spiro atoms. The lowest BCUT2D eigenvalue weighted by Crippen LogP contribution is -2.37. The maximum Gasteiger partial charge on any atom is 0.274 e. The fraction of sp³-hybridized carbons (Fsp3) is 0.333. The Balaban J connectivity index is 1.66. The van der Waals surface area contributed by atoms with Crippen LogP contribution in [0.15, 0.2) is 41.5 Å². The number of fused-ring (bicyclic) bond motifs is 3. The molecule has 1 aliphatic carbocycles.